The second-order valence-electron chi connectivity index (χ2n) is 19.1. The molecule has 22 fully saturated rings. The Morgan fingerprint density at radius 3 is 0.842 bits per heavy atom. The van der Waals surface area contributed by atoms with Crippen LogP contribution in [-0.2, 0) is 68.2 Å². The quantitative estimate of drug-likeness (QED) is 0.109. The van der Waals surface area contributed by atoms with E-state index in [0.717, 1.165) is 0 Å². The number of ether oxygens (including phenoxy) is 13. The third kappa shape index (κ3) is 12.3. The molecule has 12 bridgehead atoms. The lowest BCUT2D eigenvalue weighted by atomic mass is 9.94. The molecule has 0 unspecified atom stereocenters. The van der Waals surface area contributed by atoms with Crippen LogP contribution in [0.4, 0.5) is 4.79 Å². The van der Waals surface area contributed by atoms with Gasteiger partial charge in [-0.3, -0.25) is 0 Å². The Bertz CT molecular complexity index is 1960. The monoisotopic (exact) mass is 1110 g/mol. The van der Waals surface area contributed by atoms with E-state index in [9.17, 15) is 91.6 Å². The smallest absolute Gasteiger partial charge is 0.407 e. The molecule has 22 aliphatic heterocycles. The highest BCUT2D eigenvalue weighted by atomic mass is 16.8. The maximum Gasteiger partial charge on any atom is 0.407 e. The van der Waals surface area contributed by atoms with Gasteiger partial charge in [0.15, 0.2) is 37.7 Å². The number of amides is 1. The van der Waals surface area contributed by atoms with Gasteiger partial charge in [0.1, 0.15) is 153 Å². The van der Waals surface area contributed by atoms with Crippen molar-refractivity contribution in [1.82, 2.24) is 5.32 Å². The largest absolute Gasteiger partial charge is 0.445 e. The number of aliphatic hydroxyl groups excluding tert-OH is 17. The van der Waals surface area contributed by atoms with Crippen molar-refractivity contribution in [3.05, 3.63) is 35.9 Å². The zero-order valence-corrected chi connectivity index (χ0v) is 40.0. The number of rotatable bonds is 9. The summed E-state index contributed by atoms with van der Waals surface area (Å²) in [7, 11) is 0. The van der Waals surface area contributed by atoms with Crippen molar-refractivity contribution < 1.29 is 153 Å². The normalized spacial score (nSPS) is 49.4. The average molecular weight is 1110 g/mol. The Morgan fingerprint density at radius 2 is 0.592 bits per heavy atom. The van der Waals surface area contributed by atoms with Gasteiger partial charge in [-0.25, -0.2) is 4.79 Å². The van der Waals surface area contributed by atoms with Gasteiger partial charge in [0.05, 0.1) is 33.0 Å². The number of nitrogens with one attached hydrogen (secondary N) is 1. The average Bonchev–Trinajstić information content (AvgIpc) is 3.44. The molecule has 0 radical (unpaired) electrons. The number of carbonyl (C=O) groups excluding carboxylic acids is 1. The van der Waals surface area contributed by atoms with E-state index in [4.69, 9.17) is 61.6 Å². The predicted molar refractivity (Wildman–Crippen MR) is 233 cm³/mol. The summed E-state index contributed by atoms with van der Waals surface area (Å²) in [6, 6.07) is 8.47. The van der Waals surface area contributed by atoms with Crippen molar-refractivity contribution in [1.29, 1.82) is 0 Å². The molecular weight excluding hydrogens is 1040 g/mol. The molecule has 23 rings (SSSR count). The van der Waals surface area contributed by atoms with E-state index in [2.05, 4.69) is 5.32 Å². The van der Waals surface area contributed by atoms with Gasteiger partial charge >= 0.3 is 6.09 Å². The van der Waals surface area contributed by atoms with Crippen LogP contribution in [0.2, 0.25) is 0 Å². The molecule has 18 N–H and O–H groups in total. The summed E-state index contributed by atoms with van der Waals surface area (Å²) in [6.07, 6.45) is -60.6. The summed E-state index contributed by atoms with van der Waals surface area (Å²) in [5, 5.41) is 191. The summed E-state index contributed by atoms with van der Waals surface area (Å²) in [4.78, 5) is 13.0. The van der Waals surface area contributed by atoms with Crippen LogP contribution >= 0.6 is 0 Å². The van der Waals surface area contributed by atoms with E-state index in [-0.39, 0.29) is 6.61 Å². The summed E-state index contributed by atoms with van der Waals surface area (Å²) in [5.41, 5.74) is 0.598. The summed E-state index contributed by atoms with van der Waals surface area (Å²) in [5.74, 6) is 0. The molecule has 22 aliphatic rings. The first-order valence-electron chi connectivity index (χ1n) is 24.4. The van der Waals surface area contributed by atoms with Gasteiger partial charge in [-0.15, -0.1) is 0 Å². The zero-order valence-electron chi connectivity index (χ0n) is 40.0. The molecule has 1 amide bonds. The Morgan fingerprint density at radius 1 is 0.355 bits per heavy atom. The van der Waals surface area contributed by atoms with E-state index in [1.165, 1.54) is 0 Å². The zero-order chi connectivity index (χ0) is 54.9. The highest BCUT2D eigenvalue weighted by Crippen LogP contribution is 2.38. The highest BCUT2D eigenvalue weighted by Gasteiger charge is 2.58. The van der Waals surface area contributed by atoms with Gasteiger partial charge in [0.25, 0.3) is 0 Å². The Labute approximate surface area is 430 Å². The Balaban J connectivity index is 1.09. The molecule has 434 valence electrons. The lowest BCUT2D eigenvalue weighted by Gasteiger charge is -2.50. The Hall–Kier alpha value is -2.67. The summed E-state index contributed by atoms with van der Waals surface area (Å²) >= 11 is 0. The maximum atomic E-state index is 13.0. The molecule has 32 nitrogen and oxygen atoms in total. The van der Waals surface area contributed by atoms with Crippen molar-refractivity contribution >= 4 is 6.09 Å². The van der Waals surface area contributed by atoms with Crippen molar-refractivity contribution in [3.63, 3.8) is 0 Å². The Kier molecular flexibility index (Phi) is 20.2. The standard InChI is InChI=1S/C44H67NO31/c46-7-15-33-22(53)28(59)40(67-15)74-35-17(9-48)69-42(30(61)24(35)55)76-37-19(11-50)70-43(31(62)25(37)56)75-36-18(10-49)68-41(29(60)23(36)54)73-34-16(8-47)66-39(27(58)21(34)52)71-32-14(65-38(72-33)26(57)20(32)51)6-45-44(63)64-12-13-4-2-1-3-5-13/h1-5,14-43,46-62H,6-12H2,(H,45,63)/t14-,15-,16-,17-,18-,19-,20-,21-,22-,23-,24-,25-,26-,27-,28-,29-,30-,31-,32-,33-,34-,35-,36-,37-,38-,39-,40-,41-,42-,43-/m1/s1. The van der Waals surface area contributed by atoms with Crippen molar-refractivity contribution in [3.8, 4) is 0 Å². The fourth-order valence-electron chi connectivity index (χ4n) is 9.90. The van der Waals surface area contributed by atoms with Gasteiger partial charge in [0.2, 0.25) is 0 Å². The first-order chi connectivity index (χ1) is 36.3. The molecule has 0 aliphatic carbocycles. The van der Waals surface area contributed by atoms with Crippen molar-refractivity contribution in [2.24, 2.45) is 0 Å². The van der Waals surface area contributed by atoms with Crippen molar-refractivity contribution in [2.75, 3.05) is 39.6 Å². The van der Waals surface area contributed by atoms with E-state index in [1.807, 2.05) is 0 Å². The molecule has 1 aromatic carbocycles. The molecule has 22 heterocycles. The number of alkyl carbamates (subject to hydrolysis) is 1. The van der Waals surface area contributed by atoms with E-state index in [1.54, 1.807) is 30.3 Å². The summed E-state index contributed by atoms with van der Waals surface area (Å²) in [6.45, 7) is -5.97. The topological polar surface area (TPSA) is 493 Å². The van der Waals surface area contributed by atoms with Gasteiger partial charge in [-0.2, -0.15) is 0 Å². The van der Waals surface area contributed by atoms with Gasteiger partial charge in [-0.05, 0) is 5.56 Å². The minimum absolute atomic E-state index is 0.206. The van der Waals surface area contributed by atoms with Crippen LogP contribution in [0.25, 0.3) is 0 Å². The molecule has 0 spiro atoms. The number of benzene rings is 1. The third-order valence-corrected chi connectivity index (χ3v) is 14.2. The van der Waals surface area contributed by atoms with Gasteiger partial charge in [-0.1, -0.05) is 30.3 Å². The van der Waals surface area contributed by atoms with Gasteiger partial charge < -0.3 is 154 Å². The van der Waals surface area contributed by atoms with E-state index >= 15 is 0 Å². The minimum Gasteiger partial charge on any atom is -0.445 e. The van der Waals surface area contributed by atoms with Crippen LogP contribution in [0.5, 0.6) is 0 Å². The molecule has 0 aromatic heterocycles. The van der Waals surface area contributed by atoms with Crippen molar-refractivity contribution in [2.45, 2.75) is 191 Å². The number of hydrogen-bond donors (Lipinski definition) is 18. The van der Waals surface area contributed by atoms with Crippen LogP contribution in [0.15, 0.2) is 30.3 Å². The first-order valence-corrected chi connectivity index (χ1v) is 24.4. The fraction of sp³-hybridized carbons (Fsp3) is 0.841. The third-order valence-electron chi connectivity index (χ3n) is 14.2. The SMILES string of the molecule is O=C(NC[C@H]1O[C@@H]2O[C@H]3[C@H](O)[C@@H](O)[C@@H](O[C@H]4[C@H](O)[C@@H](O)[C@@H](O[C@H]5[C@H](O)[C@@H](O)[C@@H](O[C@H]6[C@H](O)[C@@H](O)[C@@H](O[C@H]7[C@H](O)[C@@H](O)[C@@H](O[C@H]1[C@H](O)[C@H]2O)O[C@@H]7CO)O[C@@H]6CO)O[C@@H]5CO)O[C@@H]4CO)O[C@@H]3CO)OCc1ccccc1. The summed E-state index contributed by atoms with van der Waals surface area (Å²) < 4.78 is 74.5. The lowest BCUT2D eigenvalue weighted by molar-refractivity contribution is -0.403. The molecule has 0 saturated carbocycles. The van der Waals surface area contributed by atoms with E-state index < -0.39 is 230 Å². The fourth-order valence-corrected chi connectivity index (χ4v) is 9.90. The first kappa shape index (κ1) is 59.5. The number of hydrogen-bond acceptors (Lipinski definition) is 31. The highest BCUT2D eigenvalue weighted by molar-refractivity contribution is 5.67. The second-order valence-corrected chi connectivity index (χ2v) is 19.1. The lowest BCUT2D eigenvalue weighted by Crippen LogP contribution is -2.69. The molecule has 22 saturated heterocycles. The number of carbonyl (C=O) groups is 1. The predicted octanol–water partition coefficient (Wildman–Crippen LogP) is -11.1. The van der Waals surface area contributed by atoms with E-state index in [0.29, 0.717) is 5.56 Å². The minimum atomic E-state index is -2.21. The molecule has 76 heavy (non-hydrogen) atoms. The maximum absolute atomic E-state index is 13.0. The number of aliphatic hydroxyl groups is 17. The van der Waals surface area contributed by atoms with Crippen LogP contribution in [0, 0.1) is 0 Å². The van der Waals surface area contributed by atoms with Crippen LogP contribution in [0.1, 0.15) is 5.56 Å². The van der Waals surface area contributed by atoms with Crippen LogP contribution in [0.3, 0.4) is 0 Å². The van der Waals surface area contributed by atoms with Gasteiger partial charge in [0, 0.05) is 6.54 Å². The molecule has 1 aromatic rings. The molecule has 32 heteroatoms. The second kappa shape index (κ2) is 25.8. The molecular formula is C44H67NO31. The molecule has 30 atom stereocenters. The van der Waals surface area contributed by atoms with Crippen LogP contribution < -0.4 is 5.32 Å². The van der Waals surface area contributed by atoms with Crippen LogP contribution in [-0.4, -0.2) is 317 Å².